The van der Waals surface area contributed by atoms with Crippen LogP contribution in [-0.2, 0) is 10.0 Å². The van der Waals surface area contributed by atoms with E-state index in [-0.39, 0.29) is 12.5 Å². The largest absolute Gasteiger partial charge is 0.396 e. The van der Waals surface area contributed by atoms with E-state index in [2.05, 4.69) is 0 Å². The van der Waals surface area contributed by atoms with E-state index in [0.29, 0.717) is 19.5 Å². The van der Waals surface area contributed by atoms with Crippen molar-refractivity contribution in [3.63, 3.8) is 0 Å². The van der Waals surface area contributed by atoms with Crippen molar-refractivity contribution < 1.29 is 13.5 Å². The molecule has 1 aliphatic rings. The summed E-state index contributed by atoms with van der Waals surface area (Å²) >= 11 is 0. The van der Waals surface area contributed by atoms with Crippen molar-refractivity contribution in [2.24, 2.45) is 5.92 Å². The molecule has 0 spiro atoms. The van der Waals surface area contributed by atoms with E-state index in [1.54, 1.807) is 6.07 Å². The number of hydrogen-bond donors (Lipinski definition) is 1. The van der Waals surface area contributed by atoms with Gasteiger partial charge in [0.25, 0.3) is 0 Å². The Bertz CT molecular complexity index is 306. The first kappa shape index (κ1) is 10.4. The van der Waals surface area contributed by atoms with E-state index in [1.807, 2.05) is 0 Å². The van der Waals surface area contributed by atoms with E-state index in [0.717, 1.165) is 0 Å². The molecule has 1 aliphatic heterocycles. The van der Waals surface area contributed by atoms with Crippen LogP contribution in [-0.4, -0.2) is 43.3 Å². The summed E-state index contributed by atoms with van der Waals surface area (Å²) in [4.78, 5) is 0. The number of aliphatic hydroxyl groups is 1. The standard InChI is InChI=1S/C7H12N2O3S/c8-2-4-13(11,12)9-3-1-7(5-9)6-10/h7,10H,1,3-6H2. The molecule has 1 N–H and O–H groups in total. The molecule has 1 fully saturated rings. The quantitative estimate of drug-likeness (QED) is 0.649. The minimum Gasteiger partial charge on any atom is -0.396 e. The number of sulfonamides is 1. The second-order valence-electron chi connectivity index (χ2n) is 3.11. The van der Waals surface area contributed by atoms with Gasteiger partial charge in [0.2, 0.25) is 10.0 Å². The lowest BCUT2D eigenvalue weighted by atomic mass is 10.1. The molecular weight excluding hydrogens is 192 g/mol. The van der Waals surface area contributed by atoms with Gasteiger partial charge in [-0.2, -0.15) is 5.26 Å². The summed E-state index contributed by atoms with van der Waals surface area (Å²) in [5.41, 5.74) is 0. The highest BCUT2D eigenvalue weighted by atomic mass is 32.2. The van der Waals surface area contributed by atoms with Crippen molar-refractivity contribution in [1.29, 1.82) is 5.26 Å². The predicted octanol–water partition coefficient (Wildman–Crippen LogP) is -0.846. The molecular formula is C7H12N2O3S. The van der Waals surface area contributed by atoms with Crippen LogP contribution in [0.3, 0.4) is 0 Å². The van der Waals surface area contributed by atoms with E-state index in [1.165, 1.54) is 4.31 Å². The highest BCUT2D eigenvalue weighted by Gasteiger charge is 2.30. The molecule has 0 radical (unpaired) electrons. The van der Waals surface area contributed by atoms with Gasteiger partial charge in [0, 0.05) is 19.7 Å². The Labute approximate surface area is 77.6 Å². The first-order valence-electron chi connectivity index (χ1n) is 4.06. The van der Waals surface area contributed by atoms with Gasteiger partial charge in [0.05, 0.1) is 6.07 Å². The zero-order valence-electron chi connectivity index (χ0n) is 7.18. The number of aliphatic hydroxyl groups excluding tert-OH is 1. The molecule has 1 rings (SSSR count). The molecule has 6 heteroatoms. The van der Waals surface area contributed by atoms with Crippen molar-refractivity contribution in [3.05, 3.63) is 0 Å². The summed E-state index contributed by atoms with van der Waals surface area (Å²) in [5.74, 6) is -0.431. The Balaban J connectivity index is 2.61. The Morgan fingerprint density at radius 3 is 2.77 bits per heavy atom. The second kappa shape index (κ2) is 4.05. The second-order valence-corrected chi connectivity index (χ2v) is 5.08. The maximum absolute atomic E-state index is 11.3. The molecule has 74 valence electrons. The minimum absolute atomic E-state index is 0.0125. The van der Waals surface area contributed by atoms with Crippen LogP contribution >= 0.6 is 0 Å². The van der Waals surface area contributed by atoms with Gasteiger partial charge in [-0.15, -0.1) is 0 Å². The van der Waals surface area contributed by atoms with E-state index in [4.69, 9.17) is 10.4 Å². The first-order chi connectivity index (χ1) is 6.10. The summed E-state index contributed by atoms with van der Waals surface area (Å²) in [6.07, 6.45) is 0.682. The number of rotatable bonds is 3. The monoisotopic (exact) mass is 204 g/mol. The van der Waals surface area contributed by atoms with Gasteiger partial charge in [-0.05, 0) is 12.3 Å². The average Bonchev–Trinajstić information content (AvgIpc) is 2.52. The number of nitriles is 1. The van der Waals surface area contributed by atoms with Crippen molar-refractivity contribution in [3.8, 4) is 6.07 Å². The summed E-state index contributed by atoms with van der Waals surface area (Å²) < 4.78 is 23.9. The molecule has 0 aromatic rings. The molecule has 0 saturated carbocycles. The van der Waals surface area contributed by atoms with Gasteiger partial charge in [0.15, 0.2) is 5.75 Å². The molecule has 0 aromatic carbocycles. The van der Waals surface area contributed by atoms with Crippen LogP contribution in [0.15, 0.2) is 0 Å². The molecule has 1 heterocycles. The number of nitrogens with zero attached hydrogens (tertiary/aromatic N) is 2. The lowest BCUT2D eigenvalue weighted by molar-refractivity contribution is 0.233. The van der Waals surface area contributed by atoms with Crippen LogP contribution in [0.5, 0.6) is 0 Å². The number of hydrogen-bond acceptors (Lipinski definition) is 4. The Morgan fingerprint density at radius 2 is 2.31 bits per heavy atom. The molecule has 0 aliphatic carbocycles. The first-order valence-corrected chi connectivity index (χ1v) is 5.66. The summed E-state index contributed by atoms with van der Waals surface area (Å²) in [6, 6.07) is 1.63. The molecule has 1 atom stereocenters. The summed E-state index contributed by atoms with van der Waals surface area (Å²) in [7, 11) is -3.39. The summed E-state index contributed by atoms with van der Waals surface area (Å²) in [6.45, 7) is 0.786. The molecule has 0 aromatic heterocycles. The van der Waals surface area contributed by atoms with Crippen molar-refractivity contribution in [2.45, 2.75) is 6.42 Å². The van der Waals surface area contributed by atoms with Gasteiger partial charge >= 0.3 is 0 Å². The van der Waals surface area contributed by atoms with Crippen LogP contribution in [0.2, 0.25) is 0 Å². The molecule has 13 heavy (non-hydrogen) atoms. The average molecular weight is 204 g/mol. The summed E-state index contributed by atoms with van der Waals surface area (Å²) in [5, 5.41) is 17.1. The SMILES string of the molecule is N#CCS(=O)(=O)N1CCC(CO)C1. The maximum Gasteiger partial charge on any atom is 0.227 e. The molecule has 5 nitrogen and oxygen atoms in total. The van der Waals surface area contributed by atoms with Crippen molar-refractivity contribution in [2.75, 3.05) is 25.4 Å². The lowest BCUT2D eigenvalue weighted by Gasteiger charge is -2.13. The van der Waals surface area contributed by atoms with Crippen molar-refractivity contribution in [1.82, 2.24) is 4.31 Å². The zero-order chi connectivity index (χ0) is 9.90. The van der Waals surface area contributed by atoms with E-state index >= 15 is 0 Å². The normalized spacial score (nSPS) is 24.5. The van der Waals surface area contributed by atoms with E-state index < -0.39 is 15.8 Å². The highest BCUT2D eigenvalue weighted by Crippen LogP contribution is 2.18. The van der Waals surface area contributed by atoms with Gasteiger partial charge in [-0.1, -0.05) is 0 Å². The maximum atomic E-state index is 11.3. The van der Waals surface area contributed by atoms with E-state index in [9.17, 15) is 8.42 Å². The third kappa shape index (κ3) is 2.40. The third-order valence-corrected chi connectivity index (χ3v) is 3.76. The highest BCUT2D eigenvalue weighted by molar-refractivity contribution is 7.89. The van der Waals surface area contributed by atoms with Crippen LogP contribution in [0.25, 0.3) is 0 Å². The lowest BCUT2D eigenvalue weighted by Crippen LogP contribution is -2.30. The minimum atomic E-state index is -3.39. The Kier molecular flexibility index (Phi) is 3.25. The van der Waals surface area contributed by atoms with Gasteiger partial charge in [-0.25, -0.2) is 12.7 Å². The molecule has 1 saturated heterocycles. The fourth-order valence-corrected chi connectivity index (χ4v) is 2.54. The zero-order valence-corrected chi connectivity index (χ0v) is 8.00. The van der Waals surface area contributed by atoms with Gasteiger partial charge in [0.1, 0.15) is 0 Å². The molecule has 0 bridgehead atoms. The topological polar surface area (TPSA) is 81.4 Å². The Morgan fingerprint density at radius 1 is 1.62 bits per heavy atom. The van der Waals surface area contributed by atoms with Crippen LogP contribution in [0.4, 0.5) is 0 Å². The van der Waals surface area contributed by atoms with Gasteiger partial charge < -0.3 is 5.11 Å². The van der Waals surface area contributed by atoms with Crippen LogP contribution < -0.4 is 0 Å². The van der Waals surface area contributed by atoms with Crippen LogP contribution in [0.1, 0.15) is 6.42 Å². The smallest absolute Gasteiger partial charge is 0.227 e. The fraction of sp³-hybridized carbons (Fsp3) is 0.857. The fourth-order valence-electron chi connectivity index (χ4n) is 1.37. The van der Waals surface area contributed by atoms with Gasteiger partial charge in [-0.3, -0.25) is 0 Å². The van der Waals surface area contributed by atoms with Crippen molar-refractivity contribution >= 4 is 10.0 Å². The van der Waals surface area contributed by atoms with Crippen LogP contribution in [0, 0.1) is 17.2 Å². The molecule has 1 unspecified atom stereocenters. The predicted molar refractivity (Wildman–Crippen MR) is 46.2 cm³/mol. The third-order valence-electron chi connectivity index (χ3n) is 2.15. The Hall–Kier alpha value is -0.640. The molecule has 0 amide bonds.